The van der Waals surface area contributed by atoms with Crippen molar-refractivity contribution in [2.75, 3.05) is 0 Å². The molecule has 0 aliphatic carbocycles. The zero-order valence-corrected chi connectivity index (χ0v) is 11.7. The molecule has 3 N–H and O–H groups in total. The molecule has 8 nitrogen and oxygen atoms in total. The third kappa shape index (κ3) is 3.45. The lowest BCUT2D eigenvalue weighted by atomic mass is 10.2. The molecule has 0 atom stereocenters. The Bertz CT molecular complexity index is 861. The monoisotopic (exact) mass is 322 g/mol. The molecular weight excluding hydrogens is 312 g/mol. The van der Waals surface area contributed by atoms with E-state index in [0.717, 1.165) is 18.2 Å². The Labute approximate surface area is 125 Å². The molecule has 0 spiro atoms. The summed E-state index contributed by atoms with van der Waals surface area (Å²) in [4.78, 5) is 10.5. The Morgan fingerprint density at radius 1 is 1.05 bits per heavy atom. The summed E-state index contributed by atoms with van der Waals surface area (Å²) in [5, 5.41) is 25.7. The van der Waals surface area contributed by atoms with E-state index in [0.29, 0.717) is 0 Å². The van der Waals surface area contributed by atoms with E-state index in [2.05, 4.69) is 10.2 Å². The number of azo groups is 1. The molecule has 2 aromatic carbocycles. The van der Waals surface area contributed by atoms with Crippen molar-refractivity contribution in [3.05, 3.63) is 48.0 Å². The van der Waals surface area contributed by atoms with Crippen molar-refractivity contribution in [2.24, 2.45) is 10.2 Å². The van der Waals surface area contributed by atoms with Crippen LogP contribution in [0.5, 0.6) is 5.75 Å². The van der Waals surface area contributed by atoms with Gasteiger partial charge in [0.05, 0.1) is 5.69 Å². The van der Waals surface area contributed by atoms with Gasteiger partial charge in [0.25, 0.3) is 10.1 Å². The third-order valence-electron chi connectivity index (χ3n) is 2.63. The van der Waals surface area contributed by atoms with Crippen molar-refractivity contribution in [1.82, 2.24) is 0 Å². The molecule has 0 aliphatic rings. The van der Waals surface area contributed by atoms with Gasteiger partial charge in [0, 0.05) is 0 Å². The number of nitrogens with zero attached hydrogens (tertiary/aromatic N) is 2. The van der Waals surface area contributed by atoms with Crippen LogP contribution in [-0.2, 0) is 10.1 Å². The van der Waals surface area contributed by atoms with Crippen LogP contribution in [0.1, 0.15) is 10.4 Å². The highest BCUT2D eigenvalue weighted by molar-refractivity contribution is 7.86. The van der Waals surface area contributed by atoms with Gasteiger partial charge in [-0.25, -0.2) is 4.79 Å². The Morgan fingerprint density at radius 2 is 1.73 bits per heavy atom. The normalized spacial score (nSPS) is 11.7. The molecule has 9 heteroatoms. The quantitative estimate of drug-likeness (QED) is 0.584. The van der Waals surface area contributed by atoms with Crippen LogP contribution in [0.2, 0.25) is 0 Å². The fourth-order valence-corrected chi connectivity index (χ4v) is 2.25. The highest BCUT2D eigenvalue weighted by Gasteiger charge is 2.14. The Balaban J connectivity index is 2.42. The summed E-state index contributed by atoms with van der Waals surface area (Å²) >= 11 is 0. The number of carbonyl (C=O) groups is 1. The van der Waals surface area contributed by atoms with E-state index < -0.39 is 26.7 Å². The lowest BCUT2D eigenvalue weighted by molar-refractivity contribution is 0.0693. The molecule has 0 saturated heterocycles. The van der Waals surface area contributed by atoms with Crippen LogP contribution in [0.25, 0.3) is 0 Å². The molecule has 0 aliphatic heterocycles. The minimum atomic E-state index is -4.45. The van der Waals surface area contributed by atoms with Gasteiger partial charge < -0.3 is 10.2 Å². The summed E-state index contributed by atoms with van der Waals surface area (Å²) in [6.07, 6.45) is 0. The molecule has 0 amide bonds. The average molecular weight is 322 g/mol. The number of hydrogen-bond donors (Lipinski definition) is 3. The molecule has 2 rings (SSSR count). The fourth-order valence-electron chi connectivity index (χ4n) is 1.63. The molecule has 22 heavy (non-hydrogen) atoms. The van der Waals surface area contributed by atoms with Crippen molar-refractivity contribution in [3.8, 4) is 5.75 Å². The molecule has 0 unspecified atom stereocenters. The highest BCUT2D eigenvalue weighted by atomic mass is 32.2. The van der Waals surface area contributed by atoms with Crippen molar-refractivity contribution in [3.63, 3.8) is 0 Å². The van der Waals surface area contributed by atoms with Crippen LogP contribution in [0.15, 0.2) is 57.6 Å². The second kappa shape index (κ2) is 5.92. The summed E-state index contributed by atoms with van der Waals surface area (Å²) in [7, 11) is -4.45. The first-order chi connectivity index (χ1) is 10.3. The molecular formula is C13H10N2O6S. The van der Waals surface area contributed by atoms with E-state index in [1.807, 2.05) is 0 Å². The minimum absolute atomic E-state index is 0.0975. The molecule has 0 saturated carbocycles. The van der Waals surface area contributed by atoms with Crippen LogP contribution in [0.4, 0.5) is 11.4 Å². The number of carboxylic acids is 1. The van der Waals surface area contributed by atoms with Gasteiger partial charge in [0.15, 0.2) is 0 Å². The first-order valence-electron chi connectivity index (χ1n) is 5.83. The van der Waals surface area contributed by atoms with Crippen molar-refractivity contribution in [1.29, 1.82) is 0 Å². The third-order valence-corrected chi connectivity index (χ3v) is 3.53. The molecule has 0 radical (unpaired) electrons. The minimum Gasteiger partial charge on any atom is -0.507 e. The molecule has 2 aromatic rings. The second-order valence-corrected chi connectivity index (χ2v) is 5.54. The van der Waals surface area contributed by atoms with Gasteiger partial charge >= 0.3 is 5.97 Å². The number of rotatable bonds is 4. The van der Waals surface area contributed by atoms with E-state index in [1.54, 1.807) is 0 Å². The summed E-state index contributed by atoms with van der Waals surface area (Å²) < 4.78 is 31.5. The molecule has 0 bridgehead atoms. The van der Waals surface area contributed by atoms with E-state index >= 15 is 0 Å². The van der Waals surface area contributed by atoms with Gasteiger partial charge in [-0.2, -0.15) is 13.5 Å². The van der Waals surface area contributed by atoms with Crippen LogP contribution in [0.3, 0.4) is 0 Å². The van der Waals surface area contributed by atoms with Crippen LogP contribution in [0, 0.1) is 0 Å². The molecule has 0 heterocycles. The standard InChI is InChI=1S/C13H10N2O6S/c16-11-6-5-8(7-9(11)13(17)18)14-15-10-3-1-2-4-12(10)22(19,20)21/h1-7,16H,(H,17,18)(H,19,20,21). The smallest absolute Gasteiger partial charge is 0.339 e. The summed E-state index contributed by atoms with van der Waals surface area (Å²) in [5.74, 6) is -1.77. The van der Waals surface area contributed by atoms with Crippen LogP contribution < -0.4 is 0 Å². The van der Waals surface area contributed by atoms with Gasteiger partial charge in [-0.05, 0) is 30.3 Å². The van der Waals surface area contributed by atoms with Crippen LogP contribution in [-0.4, -0.2) is 29.2 Å². The summed E-state index contributed by atoms with van der Waals surface area (Å²) in [5.41, 5.74) is -0.366. The average Bonchev–Trinajstić information content (AvgIpc) is 2.45. The lowest BCUT2D eigenvalue weighted by Crippen LogP contribution is -1.97. The maximum absolute atomic E-state index is 11.2. The van der Waals surface area contributed by atoms with Crippen molar-refractivity contribution >= 4 is 27.5 Å². The van der Waals surface area contributed by atoms with Gasteiger partial charge in [0.2, 0.25) is 0 Å². The second-order valence-electron chi connectivity index (χ2n) is 4.15. The van der Waals surface area contributed by atoms with E-state index in [-0.39, 0.29) is 16.9 Å². The number of aromatic carboxylic acids is 1. The van der Waals surface area contributed by atoms with E-state index in [9.17, 15) is 18.3 Å². The Kier molecular flexibility index (Phi) is 4.20. The maximum atomic E-state index is 11.2. The van der Waals surface area contributed by atoms with Gasteiger partial charge in [-0.3, -0.25) is 4.55 Å². The number of aromatic hydroxyl groups is 1. The van der Waals surface area contributed by atoms with E-state index in [4.69, 9.17) is 9.66 Å². The zero-order valence-electron chi connectivity index (χ0n) is 10.9. The van der Waals surface area contributed by atoms with Crippen LogP contribution >= 0.6 is 0 Å². The summed E-state index contributed by atoms with van der Waals surface area (Å²) in [6, 6.07) is 8.91. The van der Waals surface area contributed by atoms with Crippen molar-refractivity contribution < 1.29 is 28.0 Å². The number of carboxylic acid groups (broad SMARTS) is 1. The molecule has 0 aromatic heterocycles. The Morgan fingerprint density at radius 3 is 2.36 bits per heavy atom. The fraction of sp³-hybridized carbons (Fsp3) is 0. The molecule has 0 fully saturated rings. The number of phenols is 1. The largest absolute Gasteiger partial charge is 0.507 e. The SMILES string of the molecule is O=C(O)c1cc(N=Nc2ccccc2S(=O)(=O)O)ccc1O. The predicted molar refractivity (Wildman–Crippen MR) is 75.5 cm³/mol. The van der Waals surface area contributed by atoms with E-state index in [1.165, 1.54) is 24.3 Å². The highest BCUT2D eigenvalue weighted by Crippen LogP contribution is 2.28. The predicted octanol–water partition coefficient (Wildman–Crippen LogP) is 2.75. The lowest BCUT2D eigenvalue weighted by Gasteiger charge is -2.02. The van der Waals surface area contributed by atoms with Gasteiger partial charge in [0.1, 0.15) is 21.9 Å². The number of hydrogen-bond acceptors (Lipinski definition) is 6. The zero-order chi connectivity index (χ0) is 16.3. The van der Waals surface area contributed by atoms with Gasteiger partial charge in [-0.15, -0.1) is 5.11 Å². The topological polar surface area (TPSA) is 137 Å². The summed E-state index contributed by atoms with van der Waals surface area (Å²) in [6.45, 7) is 0. The Hall–Kier alpha value is -2.78. The first kappa shape index (κ1) is 15.6. The first-order valence-corrected chi connectivity index (χ1v) is 7.27. The maximum Gasteiger partial charge on any atom is 0.339 e. The molecule has 114 valence electrons. The van der Waals surface area contributed by atoms with Crippen molar-refractivity contribution in [2.45, 2.75) is 4.90 Å². The number of benzene rings is 2. The van der Waals surface area contributed by atoms with Gasteiger partial charge in [-0.1, -0.05) is 12.1 Å².